The Hall–Kier alpha value is -2.86. The van der Waals surface area contributed by atoms with Crippen molar-refractivity contribution < 1.29 is 13.2 Å². The number of sulfonamides is 1. The van der Waals surface area contributed by atoms with E-state index in [1.54, 1.807) is 23.6 Å². The first-order valence-corrected chi connectivity index (χ1v) is 13.7. The largest absolute Gasteiger partial charge is 0.374 e. The number of rotatable bonds is 7. The van der Waals surface area contributed by atoms with E-state index < -0.39 is 10.0 Å². The molecule has 11 heteroatoms. The summed E-state index contributed by atoms with van der Waals surface area (Å²) in [5.74, 6) is 0.837. The SMILES string of the molecule is CCS(=O)(=O)N1CCN(c2ccc(-c3cc4nccnc4c(NCC4CNCCO4)n3)cc2)CC1. The molecule has 2 N–H and O–H groups in total. The topological polar surface area (TPSA) is 113 Å². The minimum Gasteiger partial charge on any atom is -0.374 e. The van der Waals surface area contributed by atoms with E-state index in [1.165, 1.54) is 0 Å². The highest BCUT2D eigenvalue weighted by atomic mass is 32.2. The van der Waals surface area contributed by atoms with Gasteiger partial charge in [-0.25, -0.2) is 18.4 Å². The molecule has 1 aromatic carbocycles. The first-order valence-electron chi connectivity index (χ1n) is 12.0. The quantitative estimate of drug-likeness (QED) is 0.502. The number of pyridine rings is 1. The molecule has 35 heavy (non-hydrogen) atoms. The molecule has 2 aliphatic rings. The second-order valence-corrected chi connectivity index (χ2v) is 10.9. The van der Waals surface area contributed by atoms with E-state index in [-0.39, 0.29) is 11.9 Å². The van der Waals surface area contributed by atoms with Gasteiger partial charge in [-0.05, 0) is 25.1 Å². The summed E-state index contributed by atoms with van der Waals surface area (Å²) in [7, 11) is -3.13. The van der Waals surface area contributed by atoms with Gasteiger partial charge in [-0.1, -0.05) is 12.1 Å². The van der Waals surface area contributed by atoms with Crippen LogP contribution in [0.15, 0.2) is 42.7 Å². The van der Waals surface area contributed by atoms with Gasteiger partial charge in [0, 0.05) is 69.5 Å². The summed E-state index contributed by atoms with van der Waals surface area (Å²) in [4.78, 5) is 16.1. The molecule has 2 fully saturated rings. The monoisotopic (exact) mass is 497 g/mol. The van der Waals surface area contributed by atoms with Crippen LogP contribution in [0.4, 0.5) is 11.5 Å². The molecule has 2 saturated heterocycles. The third-order valence-corrected chi connectivity index (χ3v) is 8.36. The van der Waals surface area contributed by atoms with Crippen molar-refractivity contribution in [3.63, 3.8) is 0 Å². The zero-order valence-electron chi connectivity index (χ0n) is 19.9. The Morgan fingerprint density at radius 2 is 1.89 bits per heavy atom. The van der Waals surface area contributed by atoms with Crippen molar-refractivity contribution in [2.24, 2.45) is 0 Å². The molecule has 10 nitrogen and oxygen atoms in total. The lowest BCUT2D eigenvalue weighted by Crippen LogP contribution is -2.49. The smallest absolute Gasteiger partial charge is 0.213 e. The predicted octanol–water partition coefficient (Wildman–Crippen LogP) is 1.56. The van der Waals surface area contributed by atoms with Crippen molar-refractivity contribution in [3.05, 3.63) is 42.7 Å². The number of fused-ring (bicyclic) bond motifs is 1. The molecule has 0 saturated carbocycles. The molecule has 0 radical (unpaired) electrons. The average Bonchev–Trinajstić information content (AvgIpc) is 2.92. The molecule has 0 aliphatic carbocycles. The van der Waals surface area contributed by atoms with Gasteiger partial charge in [0.1, 0.15) is 5.52 Å². The first kappa shape index (κ1) is 23.9. The van der Waals surface area contributed by atoms with Crippen molar-refractivity contribution in [2.75, 3.05) is 68.4 Å². The zero-order chi connectivity index (χ0) is 24.3. The maximum atomic E-state index is 12.1. The van der Waals surface area contributed by atoms with Gasteiger partial charge >= 0.3 is 0 Å². The van der Waals surface area contributed by atoms with E-state index in [0.717, 1.165) is 41.1 Å². The molecule has 5 rings (SSSR count). The molecule has 0 bridgehead atoms. The maximum absolute atomic E-state index is 12.1. The van der Waals surface area contributed by atoms with Crippen LogP contribution in [-0.2, 0) is 14.8 Å². The van der Waals surface area contributed by atoms with Crippen LogP contribution in [-0.4, -0.2) is 92.0 Å². The molecule has 3 aromatic rings. The molecular weight excluding hydrogens is 466 g/mol. The van der Waals surface area contributed by atoms with E-state index in [2.05, 4.69) is 37.6 Å². The first-order chi connectivity index (χ1) is 17.0. The Balaban J connectivity index is 1.33. The van der Waals surface area contributed by atoms with Gasteiger partial charge in [-0.3, -0.25) is 4.98 Å². The number of morpholine rings is 1. The van der Waals surface area contributed by atoms with Crippen LogP contribution in [0.5, 0.6) is 0 Å². The van der Waals surface area contributed by atoms with Gasteiger partial charge in [0.05, 0.1) is 29.7 Å². The molecule has 186 valence electrons. The van der Waals surface area contributed by atoms with Gasteiger partial charge in [0.2, 0.25) is 10.0 Å². The van der Waals surface area contributed by atoms with Crippen LogP contribution in [0.1, 0.15) is 6.92 Å². The minimum atomic E-state index is -3.13. The van der Waals surface area contributed by atoms with Gasteiger partial charge in [0.15, 0.2) is 5.82 Å². The van der Waals surface area contributed by atoms with E-state index in [4.69, 9.17) is 9.72 Å². The second kappa shape index (κ2) is 10.4. The Bertz CT molecular complexity index is 1260. The fourth-order valence-corrected chi connectivity index (χ4v) is 5.54. The van der Waals surface area contributed by atoms with E-state index in [0.29, 0.717) is 45.1 Å². The van der Waals surface area contributed by atoms with Crippen LogP contribution in [0, 0.1) is 0 Å². The molecule has 1 atom stereocenters. The van der Waals surface area contributed by atoms with Crippen LogP contribution in [0.2, 0.25) is 0 Å². The minimum absolute atomic E-state index is 0.0768. The Kier molecular flexibility index (Phi) is 7.09. The second-order valence-electron chi connectivity index (χ2n) is 8.69. The number of ether oxygens (including phenoxy) is 1. The molecular formula is C24H31N7O3S. The number of piperazine rings is 1. The van der Waals surface area contributed by atoms with Crippen molar-refractivity contribution >= 4 is 32.6 Å². The lowest BCUT2D eigenvalue weighted by atomic mass is 10.1. The van der Waals surface area contributed by atoms with Crippen molar-refractivity contribution in [1.29, 1.82) is 0 Å². The number of anilines is 2. The van der Waals surface area contributed by atoms with E-state index in [1.807, 2.05) is 18.2 Å². The lowest BCUT2D eigenvalue weighted by molar-refractivity contribution is 0.0372. The fraction of sp³-hybridized carbons (Fsp3) is 0.458. The molecule has 0 amide bonds. The highest BCUT2D eigenvalue weighted by Crippen LogP contribution is 2.28. The Morgan fingerprint density at radius 3 is 2.60 bits per heavy atom. The van der Waals surface area contributed by atoms with Gasteiger partial charge in [-0.15, -0.1) is 0 Å². The van der Waals surface area contributed by atoms with Gasteiger partial charge < -0.3 is 20.3 Å². The predicted molar refractivity (Wildman–Crippen MR) is 137 cm³/mol. The fourth-order valence-electron chi connectivity index (χ4n) is 4.45. The number of nitrogens with one attached hydrogen (secondary N) is 2. The molecule has 2 aliphatic heterocycles. The summed E-state index contributed by atoms with van der Waals surface area (Å²) in [5, 5.41) is 6.75. The zero-order valence-corrected chi connectivity index (χ0v) is 20.7. The van der Waals surface area contributed by atoms with E-state index >= 15 is 0 Å². The van der Waals surface area contributed by atoms with Gasteiger partial charge in [-0.2, -0.15) is 4.31 Å². The number of aromatic nitrogens is 3. The van der Waals surface area contributed by atoms with Crippen LogP contribution >= 0.6 is 0 Å². The number of benzene rings is 1. The normalized spacial score (nSPS) is 19.7. The highest BCUT2D eigenvalue weighted by Gasteiger charge is 2.25. The molecule has 0 spiro atoms. The molecule has 2 aromatic heterocycles. The van der Waals surface area contributed by atoms with Crippen LogP contribution < -0.4 is 15.5 Å². The standard InChI is InChI=1S/C24H31N7O3S/c1-2-35(32,33)31-12-10-30(11-13-31)19-5-3-18(4-6-19)21-15-22-23(27-8-7-26-22)24(29-21)28-17-20-16-25-9-14-34-20/h3-8,15,20,25H,2,9-14,16-17H2,1H3,(H,28,29). The molecule has 4 heterocycles. The number of nitrogens with zero attached hydrogens (tertiary/aromatic N) is 5. The summed E-state index contributed by atoms with van der Waals surface area (Å²) >= 11 is 0. The Morgan fingerprint density at radius 1 is 1.11 bits per heavy atom. The van der Waals surface area contributed by atoms with Crippen molar-refractivity contribution in [1.82, 2.24) is 24.6 Å². The van der Waals surface area contributed by atoms with Crippen molar-refractivity contribution in [2.45, 2.75) is 13.0 Å². The lowest BCUT2D eigenvalue weighted by Gasteiger charge is -2.35. The summed E-state index contributed by atoms with van der Waals surface area (Å²) in [6.07, 6.45) is 3.44. The van der Waals surface area contributed by atoms with E-state index in [9.17, 15) is 8.42 Å². The maximum Gasteiger partial charge on any atom is 0.213 e. The summed E-state index contributed by atoms with van der Waals surface area (Å²) in [6.45, 7) is 7.08. The third-order valence-electron chi connectivity index (χ3n) is 6.48. The number of hydrogen-bond donors (Lipinski definition) is 2. The van der Waals surface area contributed by atoms with Gasteiger partial charge in [0.25, 0.3) is 0 Å². The summed E-state index contributed by atoms with van der Waals surface area (Å²) in [5.41, 5.74) is 4.38. The third kappa shape index (κ3) is 5.37. The highest BCUT2D eigenvalue weighted by molar-refractivity contribution is 7.89. The summed E-state index contributed by atoms with van der Waals surface area (Å²) < 4.78 is 31.6. The van der Waals surface area contributed by atoms with Crippen LogP contribution in [0.25, 0.3) is 22.3 Å². The Labute approximate surface area is 205 Å². The average molecular weight is 498 g/mol. The van der Waals surface area contributed by atoms with Crippen molar-refractivity contribution in [3.8, 4) is 11.3 Å². The van der Waals surface area contributed by atoms with Crippen LogP contribution in [0.3, 0.4) is 0 Å². The summed E-state index contributed by atoms with van der Waals surface area (Å²) in [6, 6.07) is 10.2. The molecule has 1 unspecified atom stereocenters. The number of hydrogen-bond acceptors (Lipinski definition) is 9.